The lowest BCUT2D eigenvalue weighted by molar-refractivity contribution is 0.472. The molecule has 0 fully saturated rings. The van der Waals surface area contributed by atoms with Gasteiger partial charge in [0.2, 0.25) is 10.0 Å². The Kier molecular flexibility index (Phi) is 4.65. The van der Waals surface area contributed by atoms with Crippen molar-refractivity contribution >= 4 is 15.7 Å². The lowest BCUT2D eigenvalue weighted by Crippen LogP contribution is -2.29. The van der Waals surface area contributed by atoms with Crippen molar-refractivity contribution in [2.45, 2.75) is 18.2 Å². The molecular formula is C16H20N2O2S. The first-order valence-electron chi connectivity index (χ1n) is 6.77. The molecule has 0 amide bonds. The second kappa shape index (κ2) is 6.28. The largest absolute Gasteiger partial charge is 0.399 e. The second-order valence-corrected chi connectivity index (χ2v) is 7.19. The van der Waals surface area contributed by atoms with Crippen LogP contribution in [0.1, 0.15) is 11.1 Å². The number of hydrogen-bond acceptors (Lipinski definition) is 3. The topological polar surface area (TPSA) is 63.4 Å². The van der Waals surface area contributed by atoms with Gasteiger partial charge in [0, 0.05) is 19.3 Å². The predicted molar refractivity (Wildman–Crippen MR) is 85.6 cm³/mol. The van der Waals surface area contributed by atoms with Crippen LogP contribution in [0.5, 0.6) is 0 Å². The maximum atomic E-state index is 12.5. The Hall–Kier alpha value is -1.85. The Labute approximate surface area is 126 Å². The number of likely N-dealkylation sites (N-methyl/N-ethyl adjacent to an activating group) is 1. The second-order valence-electron chi connectivity index (χ2n) is 5.14. The Morgan fingerprint density at radius 3 is 2.38 bits per heavy atom. The molecule has 112 valence electrons. The quantitative estimate of drug-likeness (QED) is 0.863. The Morgan fingerprint density at radius 2 is 1.76 bits per heavy atom. The van der Waals surface area contributed by atoms with Gasteiger partial charge >= 0.3 is 0 Å². The maximum Gasteiger partial charge on any atom is 0.242 e. The van der Waals surface area contributed by atoms with E-state index >= 15 is 0 Å². The molecule has 2 rings (SSSR count). The Morgan fingerprint density at radius 1 is 1.10 bits per heavy atom. The fourth-order valence-corrected chi connectivity index (χ4v) is 3.47. The van der Waals surface area contributed by atoms with Crippen LogP contribution in [0.2, 0.25) is 0 Å². The van der Waals surface area contributed by atoms with Crippen molar-refractivity contribution < 1.29 is 8.42 Å². The smallest absolute Gasteiger partial charge is 0.242 e. The predicted octanol–water partition coefficient (Wildman–Crippen LogP) is 2.44. The number of rotatable bonds is 5. The van der Waals surface area contributed by atoms with E-state index in [0.29, 0.717) is 18.7 Å². The first-order chi connectivity index (χ1) is 9.89. The lowest BCUT2D eigenvalue weighted by Gasteiger charge is -2.18. The van der Waals surface area contributed by atoms with E-state index in [9.17, 15) is 8.42 Å². The zero-order valence-electron chi connectivity index (χ0n) is 12.3. The molecule has 0 radical (unpaired) electrons. The molecule has 0 saturated heterocycles. The first-order valence-corrected chi connectivity index (χ1v) is 8.21. The first kappa shape index (κ1) is 15.5. The molecule has 2 aromatic carbocycles. The van der Waals surface area contributed by atoms with Gasteiger partial charge in [-0.3, -0.25) is 0 Å². The Bertz CT molecular complexity index is 692. The summed E-state index contributed by atoms with van der Waals surface area (Å²) >= 11 is 0. The van der Waals surface area contributed by atoms with E-state index in [4.69, 9.17) is 5.73 Å². The molecule has 0 unspecified atom stereocenters. The van der Waals surface area contributed by atoms with Gasteiger partial charge in [-0.1, -0.05) is 30.3 Å². The minimum absolute atomic E-state index is 0.246. The molecule has 0 atom stereocenters. The van der Waals surface area contributed by atoms with Crippen molar-refractivity contribution in [1.82, 2.24) is 4.31 Å². The molecule has 4 nitrogen and oxygen atoms in total. The van der Waals surface area contributed by atoms with E-state index in [1.54, 1.807) is 19.2 Å². The number of sulfonamides is 1. The van der Waals surface area contributed by atoms with E-state index in [2.05, 4.69) is 0 Å². The molecule has 0 aliphatic heterocycles. The zero-order valence-corrected chi connectivity index (χ0v) is 13.1. The van der Waals surface area contributed by atoms with E-state index in [-0.39, 0.29) is 4.90 Å². The third kappa shape index (κ3) is 3.83. The van der Waals surface area contributed by atoms with Gasteiger partial charge < -0.3 is 5.73 Å². The summed E-state index contributed by atoms with van der Waals surface area (Å²) in [4.78, 5) is 0.246. The van der Waals surface area contributed by atoms with Crippen LogP contribution in [0.3, 0.4) is 0 Å². The minimum atomic E-state index is -3.50. The van der Waals surface area contributed by atoms with E-state index in [1.807, 2.05) is 37.3 Å². The highest BCUT2D eigenvalue weighted by atomic mass is 32.2. The van der Waals surface area contributed by atoms with Crippen LogP contribution >= 0.6 is 0 Å². The van der Waals surface area contributed by atoms with Gasteiger partial charge in [0.15, 0.2) is 0 Å². The van der Waals surface area contributed by atoms with Gasteiger partial charge in [-0.25, -0.2) is 12.7 Å². The number of hydrogen-bond donors (Lipinski definition) is 1. The summed E-state index contributed by atoms with van der Waals surface area (Å²) in [7, 11) is -1.91. The Balaban J connectivity index is 2.15. The van der Waals surface area contributed by atoms with Crippen LogP contribution in [0.15, 0.2) is 53.4 Å². The van der Waals surface area contributed by atoms with Crippen LogP contribution in [0.25, 0.3) is 0 Å². The van der Waals surface area contributed by atoms with E-state index < -0.39 is 10.0 Å². The SMILES string of the molecule is Cc1cc(N)cc(S(=O)(=O)N(C)CCc2ccccc2)c1. The number of aryl methyl sites for hydroxylation is 1. The van der Waals surface area contributed by atoms with Crippen LogP contribution in [-0.4, -0.2) is 26.3 Å². The van der Waals surface area contributed by atoms with Gasteiger partial charge in [-0.05, 0) is 42.7 Å². The monoisotopic (exact) mass is 304 g/mol. The number of nitrogens with two attached hydrogens (primary N) is 1. The summed E-state index contributed by atoms with van der Waals surface area (Å²) in [5.74, 6) is 0. The number of nitrogen functional groups attached to an aromatic ring is 1. The fraction of sp³-hybridized carbons (Fsp3) is 0.250. The molecule has 2 aromatic rings. The van der Waals surface area contributed by atoms with Gasteiger partial charge in [0.25, 0.3) is 0 Å². The van der Waals surface area contributed by atoms with Crippen molar-refractivity contribution in [3.63, 3.8) is 0 Å². The summed E-state index contributed by atoms with van der Waals surface area (Å²) in [6, 6.07) is 14.7. The van der Waals surface area contributed by atoms with Crippen LogP contribution in [0, 0.1) is 6.92 Å². The summed E-state index contributed by atoms with van der Waals surface area (Å²) in [5.41, 5.74) is 8.15. The number of benzene rings is 2. The van der Waals surface area contributed by atoms with Crippen molar-refractivity contribution in [1.29, 1.82) is 0 Å². The fourth-order valence-electron chi connectivity index (χ4n) is 2.16. The third-order valence-electron chi connectivity index (χ3n) is 3.34. The van der Waals surface area contributed by atoms with E-state index in [1.165, 1.54) is 10.4 Å². The van der Waals surface area contributed by atoms with Crippen molar-refractivity contribution in [3.05, 3.63) is 59.7 Å². The highest BCUT2D eigenvalue weighted by Gasteiger charge is 2.21. The minimum Gasteiger partial charge on any atom is -0.399 e. The zero-order chi connectivity index (χ0) is 15.5. The molecule has 5 heteroatoms. The molecule has 0 bridgehead atoms. The normalized spacial score (nSPS) is 11.8. The summed E-state index contributed by atoms with van der Waals surface area (Å²) in [6.07, 6.45) is 0.678. The van der Waals surface area contributed by atoms with Crippen LogP contribution in [-0.2, 0) is 16.4 Å². The highest BCUT2D eigenvalue weighted by molar-refractivity contribution is 7.89. The lowest BCUT2D eigenvalue weighted by atomic mass is 10.2. The molecule has 0 saturated carbocycles. The maximum absolute atomic E-state index is 12.5. The summed E-state index contributed by atoms with van der Waals surface area (Å²) in [5, 5.41) is 0. The molecule has 0 heterocycles. The molecule has 0 aliphatic carbocycles. The van der Waals surface area contributed by atoms with Gasteiger partial charge in [0.05, 0.1) is 4.90 Å². The summed E-state index contributed by atoms with van der Waals surface area (Å²) in [6.45, 7) is 2.26. The van der Waals surface area contributed by atoms with Gasteiger partial charge in [0.1, 0.15) is 0 Å². The van der Waals surface area contributed by atoms with Gasteiger partial charge in [-0.15, -0.1) is 0 Å². The highest BCUT2D eigenvalue weighted by Crippen LogP contribution is 2.19. The molecule has 0 spiro atoms. The van der Waals surface area contributed by atoms with Crippen LogP contribution < -0.4 is 5.73 Å². The van der Waals surface area contributed by atoms with Crippen molar-refractivity contribution in [2.24, 2.45) is 0 Å². The molecule has 2 N–H and O–H groups in total. The van der Waals surface area contributed by atoms with Crippen molar-refractivity contribution in [2.75, 3.05) is 19.3 Å². The molecule has 0 aromatic heterocycles. The average Bonchev–Trinajstić information content (AvgIpc) is 2.44. The van der Waals surface area contributed by atoms with E-state index in [0.717, 1.165) is 11.1 Å². The third-order valence-corrected chi connectivity index (χ3v) is 5.17. The molecule has 21 heavy (non-hydrogen) atoms. The molecule has 0 aliphatic rings. The van der Waals surface area contributed by atoms with Crippen LogP contribution in [0.4, 0.5) is 5.69 Å². The summed E-state index contributed by atoms with van der Waals surface area (Å²) < 4.78 is 26.4. The molecular weight excluding hydrogens is 284 g/mol. The average molecular weight is 304 g/mol. The number of nitrogens with zero attached hydrogens (tertiary/aromatic N) is 1. The van der Waals surface area contributed by atoms with Gasteiger partial charge in [-0.2, -0.15) is 0 Å². The van der Waals surface area contributed by atoms with Crippen molar-refractivity contribution in [3.8, 4) is 0 Å². The standard InChI is InChI=1S/C16H20N2O2S/c1-13-10-15(17)12-16(11-13)21(19,20)18(2)9-8-14-6-4-3-5-7-14/h3-7,10-12H,8-9,17H2,1-2H3. The number of anilines is 1.